The summed E-state index contributed by atoms with van der Waals surface area (Å²) in [6.07, 6.45) is 1.80. The third-order valence-corrected chi connectivity index (χ3v) is 2.15. The van der Waals surface area contributed by atoms with Gasteiger partial charge in [-0.05, 0) is 19.1 Å². The van der Waals surface area contributed by atoms with Gasteiger partial charge in [0.25, 0.3) is 0 Å². The predicted octanol–water partition coefficient (Wildman–Crippen LogP) is 0.440. The molecule has 2 aromatic rings. The summed E-state index contributed by atoms with van der Waals surface area (Å²) >= 11 is 4.93. The maximum absolute atomic E-state index is 11.3. The number of aromatic amines is 2. The molecule has 0 fully saturated rings. The van der Waals surface area contributed by atoms with Crippen molar-refractivity contribution in [2.24, 2.45) is 0 Å². The lowest BCUT2D eigenvalue weighted by molar-refractivity contribution is 0.650. The number of hydrogen-bond donors (Lipinski definition) is 2. The molecule has 0 atom stereocenters. The first kappa shape index (κ1) is 8.95. The van der Waals surface area contributed by atoms with Crippen LogP contribution in [-0.2, 0) is 6.54 Å². The quantitative estimate of drug-likeness (QED) is 0.708. The number of rotatable bonds is 2. The molecule has 2 heterocycles. The molecule has 0 saturated heterocycles. The minimum atomic E-state index is -0.309. The van der Waals surface area contributed by atoms with Crippen molar-refractivity contribution in [3.05, 3.63) is 27.5 Å². The van der Waals surface area contributed by atoms with E-state index in [0.29, 0.717) is 10.6 Å². The molecule has 2 aromatic heterocycles. The Bertz CT molecular complexity index is 517. The second-order valence-corrected chi connectivity index (χ2v) is 3.11. The summed E-state index contributed by atoms with van der Waals surface area (Å²) in [4.78, 5) is 11.3. The summed E-state index contributed by atoms with van der Waals surface area (Å²) in [6, 6.07) is 1.74. The molecule has 0 saturated carbocycles. The maximum Gasteiger partial charge on any atom is 0.348 e. The minimum absolute atomic E-state index is 0.309. The average molecular weight is 211 g/mol. The van der Waals surface area contributed by atoms with Crippen molar-refractivity contribution in [1.82, 2.24) is 24.5 Å². The molecule has 7 heteroatoms. The summed E-state index contributed by atoms with van der Waals surface area (Å²) in [7, 11) is 0. The fraction of sp³-hybridized carbons (Fsp3) is 0.286. The monoisotopic (exact) mass is 211 g/mol. The van der Waals surface area contributed by atoms with E-state index >= 15 is 0 Å². The highest BCUT2D eigenvalue weighted by Gasteiger charge is 2.05. The Morgan fingerprint density at radius 3 is 2.86 bits per heavy atom. The number of H-pyrrole nitrogens is 2. The summed E-state index contributed by atoms with van der Waals surface area (Å²) in [5.41, 5.74) is -0.309. The van der Waals surface area contributed by atoms with E-state index in [0.717, 1.165) is 6.54 Å². The van der Waals surface area contributed by atoms with Crippen LogP contribution in [0.15, 0.2) is 17.1 Å². The fourth-order valence-corrected chi connectivity index (χ4v) is 1.39. The Hall–Kier alpha value is -1.63. The highest BCUT2D eigenvalue weighted by atomic mass is 32.1. The van der Waals surface area contributed by atoms with E-state index in [-0.39, 0.29) is 5.69 Å². The lowest BCUT2D eigenvalue weighted by Gasteiger charge is -1.93. The highest BCUT2D eigenvalue weighted by Crippen LogP contribution is 2.00. The maximum atomic E-state index is 11.3. The van der Waals surface area contributed by atoms with Crippen molar-refractivity contribution < 1.29 is 0 Å². The van der Waals surface area contributed by atoms with Crippen LogP contribution in [-0.4, -0.2) is 24.5 Å². The van der Waals surface area contributed by atoms with Crippen LogP contribution in [0.5, 0.6) is 0 Å². The summed E-state index contributed by atoms with van der Waals surface area (Å²) < 4.78 is 3.35. The number of aryl methyl sites for hydroxylation is 1. The van der Waals surface area contributed by atoms with Gasteiger partial charge in [0.15, 0.2) is 5.82 Å². The predicted molar refractivity (Wildman–Crippen MR) is 53.0 cm³/mol. The van der Waals surface area contributed by atoms with Gasteiger partial charge < -0.3 is 0 Å². The highest BCUT2D eigenvalue weighted by molar-refractivity contribution is 7.71. The third kappa shape index (κ3) is 1.31. The Balaban J connectivity index is 2.60. The Morgan fingerprint density at radius 1 is 1.57 bits per heavy atom. The zero-order valence-electron chi connectivity index (χ0n) is 7.52. The van der Waals surface area contributed by atoms with Gasteiger partial charge in [-0.25, -0.2) is 14.5 Å². The molecule has 0 amide bonds. The summed E-state index contributed by atoms with van der Waals surface area (Å²) in [5.74, 6) is 0.527. The van der Waals surface area contributed by atoms with Crippen LogP contribution in [0.25, 0.3) is 5.82 Å². The lowest BCUT2D eigenvalue weighted by Crippen LogP contribution is -2.15. The van der Waals surface area contributed by atoms with Gasteiger partial charge in [0.2, 0.25) is 4.77 Å². The molecule has 0 radical (unpaired) electrons. The SMILES string of the molecule is CCn1ccc(-n2c(=O)[nH][nH]c2=S)n1. The molecule has 14 heavy (non-hydrogen) atoms. The molecular weight excluding hydrogens is 202 g/mol. The van der Waals surface area contributed by atoms with E-state index in [4.69, 9.17) is 12.2 Å². The summed E-state index contributed by atoms with van der Waals surface area (Å²) in [6.45, 7) is 2.73. The molecule has 0 spiro atoms. The summed E-state index contributed by atoms with van der Waals surface area (Å²) in [5, 5.41) is 9.11. The van der Waals surface area contributed by atoms with Crippen LogP contribution in [0, 0.1) is 4.77 Å². The van der Waals surface area contributed by atoms with Gasteiger partial charge in [0.05, 0.1) is 0 Å². The van der Waals surface area contributed by atoms with Gasteiger partial charge in [0.1, 0.15) is 0 Å². The molecule has 0 aliphatic rings. The Morgan fingerprint density at radius 2 is 2.36 bits per heavy atom. The van der Waals surface area contributed by atoms with Crippen LogP contribution >= 0.6 is 12.2 Å². The smallest absolute Gasteiger partial charge is 0.272 e. The zero-order valence-corrected chi connectivity index (χ0v) is 8.34. The average Bonchev–Trinajstić information content (AvgIpc) is 2.73. The van der Waals surface area contributed by atoms with E-state index in [1.54, 1.807) is 16.9 Å². The molecule has 2 rings (SSSR count). The molecule has 2 N–H and O–H groups in total. The van der Waals surface area contributed by atoms with Crippen LogP contribution in [0.2, 0.25) is 0 Å². The van der Waals surface area contributed by atoms with Crippen LogP contribution in [0.4, 0.5) is 0 Å². The molecular formula is C7H9N5OS. The first-order valence-corrected chi connectivity index (χ1v) is 4.56. The Kier molecular flexibility index (Phi) is 2.08. The van der Waals surface area contributed by atoms with Gasteiger partial charge in [-0.3, -0.25) is 9.78 Å². The molecule has 0 aromatic carbocycles. The topological polar surface area (TPSA) is 71.4 Å². The molecule has 0 unspecified atom stereocenters. The van der Waals surface area contributed by atoms with Crippen molar-refractivity contribution in [3.8, 4) is 5.82 Å². The van der Waals surface area contributed by atoms with E-state index in [2.05, 4.69) is 15.3 Å². The zero-order chi connectivity index (χ0) is 10.1. The number of hydrogen-bond acceptors (Lipinski definition) is 3. The molecule has 6 nitrogen and oxygen atoms in total. The minimum Gasteiger partial charge on any atom is -0.272 e. The van der Waals surface area contributed by atoms with Crippen molar-refractivity contribution in [2.75, 3.05) is 0 Å². The van der Waals surface area contributed by atoms with Gasteiger partial charge in [-0.15, -0.1) is 0 Å². The third-order valence-electron chi connectivity index (χ3n) is 1.86. The normalized spacial score (nSPS) is 10.6. The first-order valence-electron chi connectivity index (χ1n) is 4.16. The second-order valence-electron chi connectivity index (χ2n) is 2.73. The standard InChI is InChI=1S/C7H9N5OS/c1-2-11-4-3-5(10-11)12-6(13)8-9-7(12)14/h3-4H,2H2,1H3,(H,8,13)(H,9,14). The van der Waals surface area contributed by atoms with E-state index in [1.807, 2.05) is 6.92 Å². The van der Waals surface area contributed by atoms with Gasteiger partial charge in [-0.2, -0.15) is 5.10 Å². The van der Waals surface area contributed by atoms with Crippen LogP contribution in [0.3, 0.4) is 0 Å². The largest absolute Gasteiger partial charge is 0.348 e. The van der Waals surface area contributed by atoms with Crippen molar-refractivity contribution in [1.29, 1.82) is 0 Å². The van der Waals surface area contributed by atoms with E-state index in [9.17, 15) is 4.79 Å². The first-order chi connectivity index (χ1) is 6.72. The Labute approximate surface area is 84.2 Å². The van der Waals surface area contributed by atoms with Crippen LogP contribution < -0.4 is 5.69 Å². The number of aromatic nitrogens is 5. The fourth-order valence-electron chi connectivity index (χ4n) is 1.17. The second kappa shape index (κ2) is 3.26. The van der Waals surface area contributed by atoms with E-state index in [1.165, 1.54) is 4.57 Å². The van der Waals surface area contributed by atoms with Gasteiger partial charge >= 0.3 is 5.69 Å². The number of nitrogens with zero attached hydrogens (tertiary/aromatic N) is 3. The molecule has 0 bridgehead atoms. The van der Waals surface area contributed by atoms with Crippen LogP contribution in [0.1, 0.15) is 6.92 Å². The molecule has 0 aliphatic carbocycles. The van der Waals surface area contributed by atoms with E-state index < -0.39 is 0 Å². The van der Waals surface area contributed by atoms with Crippen molar-refractivity contribution >= 4 is 12.2 Å². The van der Waals surface area contributed by atoms with Gasteiger partial charge in [0, 0.05) is 18.8 Å². The number of nitrogens with one attached hydrogen (secondary N) is 2. The van der Waals surface area contributed by atoms with Gasteiger partial charge in [-0.1, -0.05) is 0 Å². The lowest BCUT2D eigenvalue weighted by atomic mass is 10.6. The molecule has 74 valence electrons. The van der Waals surface area contributed by atoms with Crippen molar-refractivity contribution in [2.45, 2.75) is 13.5 Å². The van der Waals surface area contributed by atoms with Crippen molar-refractivity contribution in [3.63, 3.8) is 0 Å². The molecule has 0 aliphatic heterocycles.